The number of nitrogens with one attached hydrogen (secondary N) is 1. The Balaban J connectivity index is 1.56. The van der Waals surface area contributed by atoms with Crippen molar-refractivity contribution in [1.82, 2.24) is 10.2 Å². The van der Waals surface area contributed by atoms with Crippen LogP contribution < -0.4 is 10.1 Å². The fraction of sp³-hybridized carbons (Fsp3) is 0.500. The molecular weight excluding hydrogens is 330 g/mol. The van der Waals surface area contributed by atoms with Crippen LogP contribution in [0.15, 0.2) is 28.6 Å². The zero-order valence-electron chi connectivity index (χ0n) is 13.2. The number of aromatic nitrogens is 2. The van der Waals surface area contributed by atoms with Gasteiger partial charge in [-0.1, -0.05) is 35.2 Å². The van der Waals surface area contributed by atoms with Crippen LogP contribution in [0.3, 0.4) is 0 Å². The van der Waals surface area contributed by atoms with Gasteiger partial charge in [0.1, 0.15) is 5.75 Å². The van der Waals surface area contributed by atoms with Gasteiger partial charge in [0.15, 0.2) is 4.34 Å². The van der Waals surface area contributed by atoms with Crippen molar-refractivity contribution in [3.8, 4) is 5.75 Å². The average Bonchev–Trinajstić information content (AvgIpc) is 3.03. The zero-order valence-corrected chi connectivity index (χ0v) is 14.8. The predicted octanol–water partition coefficient (Wildman–Crippen LogP) is 4.34. The van der Waals surface area contributed by atoms with Crippen LogP contribution >= 0.6 is 23.1 Å². The highest BCUT2D eigenvalue weighted by molar-refractivity contribution is 8.01. The van der Waals surface area contributed by atoms with Gasteiger partial charge in [-0.3, -0.25) is 0 Å². The van der Waals surface area contributed by atoms with Gasteiger partial charge in [-0.05, 0) is 38.3 Å². The summed E-state index contributed by atoms with van der Waals surface area (Å²) in [6, 6.07) is 7.86. The Bertz CT molecular complexity index is 615. The van der Waals surface area contributed by atoms with Crippen LogP contribution in [0.5, 0.6) is 5.75 Å². The maximum Gasteiger partial charge on any atom is 0.210 e. The molecule has 1 atom stereocenters. The van der Waals surface area contributed by atoms with Gasteiger partial charge in [0.25, 0.3) is 0 Å². The van der Waals surface area contributed by atoms with Crippen molar-refractivity contribution in [3.05, 3.63) is 24.3 Å². The Kier molecular flexibility index (Phi) is 6.13. The normalized spacial score (nSPS) is 17.9. The van der Waals surface area contributed by atoms with Crippen LogP contribution in [-0.4, -0.2) is 35.3 Å². The Morgan fingerprint density at radius 3 is 3.09 bits per heavy atom. The van der Waals surface area contributed by atoms with E-state index in [9.17, 15) is 0 Å². The van der Waals surface area contributed by atoms with E-state index in [-0.39, 0.29) is 0 Å². The minimum atomic E-state index is 0.354. The van der Waals surface area contributed by atoms with Crippen LogP contribution in [0, 0.1) is 0 Å². The summed E-state index contributed by atoms with van der Waals surface area (Å²) in [4.78, 5) is 0. The summed E-state index contributed by atoms with van der Waals surface area (Å²) < 4.78 is 12.3. The van der Waals surface area contributed by atoms with E-state index < -0.39 is 0 Å². The van der Waals surface area contributed by atoms with Crippen molar-refractivity contribution < 1.29 is 9.47 Å². The number of ether oxygens (including phenoxy) is 2. The second-order valence-corrected chi connectivity index (χ2v) is 7.47. The molecule has 1 saturated heterocycles. The third-order valence-corrected chi connectivity index (χ3v) is 5.61. The van der Waals surface area contributed by atoms with Crippen molar-refractivity contribution in [2.45, 2.75) is 36.6 Å². The largest absolute Gasteiger partial charge is 0.492 e. The smallest absolute Gasteiger partial charge is 0.210 e. The lowest BCUT2D eigenvalue weighted by atomic mass is 10.1. The minimum absolute atomic E-state index is 0.354. The molecule has 3 rings (SSSR count). The molecule has 0 spiro atoms. The molecule has 1 aromatic heterocycles. The maximum absolute atomic E-state index is 5.75. The number of para-hydroxylation sites is 2. The summed E-state index contributed by atoms with van der Waals surface area (Å²) in [5.41, 5.74) is 0.915. The molecule has 0 radical (unpaired) electrons. The van der Waals surface area contributed by atoms with E-state index in [1.54, 1.807) is 23.1 Å². The average molecular weight is 351 g/mol. The number of rotatable bonds is 7. The third kappa shape index (κ3) is 4.83. The first-order valence-electron chi connectivity index (χ1n) is 7.92. The topological polar surface area (TPSA) is 56.3 Å². The van der Waals surface area contributed by atoms with E-state index in [1.807, 2.05) is 31.2 Å². The minimum Gasteiger partial charge on any atom is -0.492 e. The summed E-state index contributed by atoms with van der Waals surface area (Å²) in [6.07, 6.45) is 3.96. The standard InChI is InChI=1S/C16H21N3O2S2/c1-2-20-14-9-4-3-8-13(14)17-15-18-19-16(23-15)22-11-12-7-5-6-10-21-12/h3-4,8-9,12H,2,5-7,10-11H2,1H3,(H,17,18)/t12-/m0/s1. The van der Waals surface area contributed by atoms with Gasteiger partial charge in [0.05, 0.1) is 18.4 Å². The van der Waals surface area contributed by atoms with E-state index >= 15 is 0 Å². The lowest BCUT2D eigenvalue weighted by molar-refractivity contribution is 0.0315. The first kappa shape index (κ1) is 16.5. The van der Waals surface area contributed by atoms with Crippen molar-refractivity contribution >= 4 is 33.9 Å². The fourth-order valence-corrected chi connectivity index (χ4v) is 4.24. The van der Waals surface area contributed by atoms with Crippen LogP contribution in [0.1, 0.15) is 26.2 Å². The lowest BCUT2D eigenvalue weighted by Crippen LogP contribution is -2.21. The monoisotopic (exact) mass is 351 g/mol. The molecular formula is C16H21N3O2S2. The highest BCUT2D eigenvalue weighted by Gasteiger charge is 2.15. The lowest BCUT2D eigenvalue weighted by Gasteiger charge is -2.21. The van der Waals surface area contributed by atoms with Crippen molar-refractivity contribution in [3.63, 3.8) is 0 Å². The van der Waals surface area contributed by atoms with Gasteiger partial charge in [0.2, 0.25) is 5.13 Å². The van der Waals surface area contributed by atoms with Gasteiger partial charge in [-0.25, -0.2) is 0 Å². The van der Waals surface area contributed by atoms with E-state index in [0.29, 0.717) is 12.7 Å². The first-order chi connectivity index (χ1) is 11.3. The Labute approximate surface area is 144 Å². The van der Waals surface area contributed by atoms with Gasteiger partial charge in [-0.2, -0.15) is 0 Å². The molecule has 2 aromatic rings. The van der Waals surface area contributed by atoms with E-state index in [1.165, 1.54) is 12.8 Å². The Morgan fingerprint density at radius 1 is 1.35 bits per heavy atom. The summed E-state index contributed by atoms with van der Waals surface area (Å²) in [6.45, 7) is 3.50. The molecule has 5 nitrogen and oxygen atoms in total. The molecule has 0 saturated carbocycles. The molecule has 1 fully saturated rings. The first-order valence-corrected chi connectivity index (χ1v) is 9.72. The molecule has 2 heterocycles. The van der Waals surface area contributed by atoms with Crippen molar-refractivity contribution in [1.29, 1.82) is 0 Å². The number of benzene rings is 1. The Morgan fingerprint density at radius 2 is 2.26 bits per heavy atom. The number of hydrogen-bond donors (Lipinski definition) is 1. The summed E-state index contributed by atoms with van der Waals surface area (Å²) in [5.74, 6) is 1.78. The quantitative estimate of drug-likeness (QED) is 0.749. The molecule has 1 aliphatic heterocycles. The van der Waals surface area contributed by atoms with Gasteiger partial charge < -0.3 is 14.8 Å². The molecule has 124 valence electrons. The Hall–Kier alpha value is -1.31. The van der Waals surface area contributed by atoms with E-state index in [4.69, 9.17) is 9.47 Å². The molecule has 0 unspecified atom stereocenters. The van der Waals surface area contributed by atoms with Crippen LogP contribution in [0.25, 0.3) is 0 Å². The van der Waals surface area contributed by atoms with E-state index in [0.717, 1.165) is 39.7 Å². The highest BCUT2D eigenvalue weighted by atomic mass is 32.2. The number of nitrogens with zero attached hydrogens (tertiary/aromatic N) is 2. The highest BCUT2D eigenvalue weighted by Crippen LogP contribution is 2.32. The second-order valence-electron chi connectivity index (χ2n) is 5.23. The maximum atomic E-state index is 5.75. The molecule has 1 aliphatic rings. The van der Waals surface area contributed by atoms with Crippen LogP contribution in [-0.2, 0) is 4.74 Å². The SMILES string of the molecule is CCOc1ccccc1Nc1nnc(SC[C@@H]2CCCCO2)s1. The van der Waals surface area contributed by atoms with Gasteiger partial charge in [0, 0.05) is 12.4 Å². The van der Waals surface area contributed by atoms with Crippen LogP contribution in [0.2, 0.25) is 0 Å². The third-order valence-electron chi connectivity index (χ3n) is 3.50. The van der Waals surface area contributed by atoms with Crippen LogP contribution in [0.4, 0.5) is 10.8 Å². The second kappa shape index (κ2) is 8.52. The zero-order chi connectivity index (χ0) is 15.9. The fourth-order valence-electron chi connectivity index (χ4n) is 2.39. The molecule has 7 heteroatoms. The summed E-state index contributed by atoms with van der Waals surface area (Å²) >= 11 is 3.28. The molecule has 0 bridgehead atoms. The van der Waals surface area contributed by atoms with Crippen molar-refractivity contribution in [2.75, 3.05) is 24.3 Å². The predicted molar refractivity (Wildman–Crippen MR) is 95.1 cm³/mol. The summed E-state index contributed by atoms with van der Waals surface area (Å²) in [7, 11) is 0. The molecule has 1 aromatic carbocycles. The number of hydrogen-bond acceptors (Lipinski definition) is 7. The van der Waals surface area contributed by atoms with Crippen molar-refractivity contribution in [2.24, 2.45) is 0 Å². The summed E-state index contributed by atoms with van der Waals surface area (Å²) in [5, 5.41) is 12.5. The number of thioether (sulfide) groups is 1. The molecule has 23 heavy (non-hydrogen) atoms. The van der Waals surface area contributed by atoms with E-state index in [2.05, 4.69) is 15.5 Å². The number of anilines is 2. The molecule has 0 aliphatic carbocycles. The molecule has 1 N–H and O–H groups in total. The van der Waals surface area contributed by atoms with Gasteiger partial charge in [-0.15, -0.1) is 10.2 Å². The van der Waals surface area contributed by atoms with Gasteiger partial charge >= 0.3 is 0 Å². The molecule has 0 amide bonds.